The van der Waals surface area contributed by atoms with Crippen LogP contribution in [0.25, 0.3) is 0 Å². The monoisotopic (exact) mass is 571 g/mol. The number of sulfonamides is 1. The first kappa shape index (κ1) is 28.6. The Kier molecular flexibility index (Phi) is 8.61. The van der Waals surface area contributed by atoms with Gasteiger partial charge in [-0.15, -0.1) is 0 Å². The van der Waals surface area contributed by atoms with Crippen LogP contribution in [0.2, 0.25) is 0 Å². The van der Waals surface area contributed by atoms with Gasteiger partial charge < -0.3 is 4.90 Å². The first-order valence-corrected chi connectivity index (χ1v) is 15.4. The van der Waals surface area contributed by atoms with Crippen molar-refractivity contribution in [1.82, 2.24) is 4.98 Å². The fourth-order valence-electron chi connectivity index (χ4n) is 5.39. The highest BCUT2D eigenvalue weighted by atomic mass is 32.2. The van der Waals surface area contributed by atoms with Crippen LogP contribution < -0.4 is 10.0 Å². The smallest absolute Gasteiger partial charge is 0.238 e. The average Bonchev–Trinajstić information content (AvgIpc) is 3.77. The Labute approximate surface area is 241 Å². The quantitative estimate of drug-likeness (QED) is 0.304. The van der Waals surface area contributed by atoms with Crippen molar-refractivity contribution in [1.29, 1.82) is 0 Å². The maximum absolute atomic E-state index is 13.6. The lowest BCUT2D eigenvalue weighted by Gasteiger charge is -2.25. The van der Waals surface area contributed by atoms with Crippen molar-refractivity contribution >= 4 is 21.6 Å². The number of aromatic nitrogens is 1. The Morgan fingerprint density at radius 3 is 2.32 bits per heavy atom. The number of nitrogens with two attached hydrogens (primary N) is 1. The molecule has 212 valence electrons. The van der Waals surface area contributed by atoms with E-state index in [2.05, 4.69) is 47.4 Å². The summed E-state index contributed by atoms with van der Waals surface area (Å²) in [7, 11) is -3.69. The first-order chi connectivity index (χ1) is 19.7. The largest absolute Gasteiger partial charge is 0.306 e. The van der Waals surface area contributed by atoms with Crippen LogP contribution in [-0.2, 0) is 34.2 Å². The van der Waals surface area contributed by atoms with E-state index in [9.17, 15) is 17.6 Å². The van der Waals surface area contributed by atoms with Crippen molar-refractivity contribution in [2.45, 2.75) is 56.4 Å². The zero-order valence-corrected chi connectivity index (χ0v) is 23.9. The summed E-state index contributed by atoms with van der Waals surface area (Å²) in [5.41, 5.74) is 7.07. The molecule has 6 rings (SSSR count). The van der Waals surface area contributed by atoms with Crippen molar-refractivity contribution in [3.8, 4) is 0 Å². The van der Waals surface area contributed by atoms with E-state index in [1.165, 1.54) is 29.5 Å². The maximum Gasteiger partial charge on any atom is 0.238 e. The van der Waals surface area contributed by atoms with E-state index < -0.39 is 15.8 Å². The lowest BCUT2D eigenvalue weighted by atomic mass is 9.91. The van der Waals surface area contributed by atoms with Gasteiger partial charge in [0, 0.05) is 17.3 Å². The minimum atomic E-state index is -3.69. The second-order valence-electron chi connectivity index (χ2n) is 10.7. The highest BCUT2D eigenvalue weighted by molar-refractivity contribution is 7.89. The Morgan fingerprint density at radius 1 is 0.927 bits per heavy atom. The molecule has 41 heavy (non-hydrogen) atoms. The fourth-order valence-corrected chi connectivity index (χ4v) is 5.91. The van der Waals surface area contributed by atoms with E-state index >= 15 is 0 Å². The van der Waals surface area contributed by atoms with Gasteiger partial charge in [-0.3, -0.25) is 9.78 Å². The number of nitrogens with zero attached hydrogens (tertiary/aromatic N) is 2. The number of aryl methyl sites for hydroxylation is 3. The van der Waals surface area contributed by atoms with Crippen molar-refractivity contribution in [2.75, 3.05) is 4.90 Å². The highest BCUT2D eigenvalue weighted by Gasteiger charge is 2.46. The van der Waals surface area contributed by atoms with E-state index in [-0.39, 0.29) is 16.7 Å². The molecule has 0 bridgehead atoms. The summed E-state index contributed by atoms with van der Waals surface area (Å²) in [4.78, 5) is 20.2. The Hall–Kier alpha value is -3.88. The number of rotatable bonds is 6. The lowest BCUT2D eigenvalue weighted by Crippen LogP contribution is -2.32. The molecule has 1 amide bonds. The number of benzene rings is 3. The van der Waals surface area contributed by atoms with Gasteiger partial charge in [-0.05, 0) is 110 Å². The third-order valence-electron chi connectivity index (χ3n) is 7.65. The molecule has 8 heteroatoms. The van der Waals surface area contributed by atoms with E-state index in [1.807, 2.05) is 36.1 Å². The van der Waals surface area contributed by atoms with Crippen molar-refractivity contribution in [2.24, 2.45) is 11.1 Å². The van der Waals surface area contributed by atoms with Crippen LogP contribution in [-0.4, -0.2) is 19.3 Å². The topological polar surface area (TPSA) is 93.4 Å². The van der Waals surface area contributed by atoms with E-state index in [4.69, 9.17) is 5.14 Å². The summed E-state index contributed by atoms with van der Waals surface area (Å²) in [6.07, 6.45) is 5.71. The molecule has 2 aliphatic rings. The molecule has 1 saturated carbocycles. The highest BCUT2D eigenvalue weighted by Crippen LogP contribution is 2.49. The minimum Gasteiger partial charge on any atom is -0.306 e. The molecule has 3 aromatic carbocycles. The number of primary sulfonamides is 1. The summed E-state index contributed by atoms with van der Waals surface area (Å²) in [6.45, 7) is 2.53. The number of hydrogen-bond donors (Lipinski definition) is 1. The average molecular weight is 572 g/mol. The Balaban J connectivity index is 0.000000259. The molecule has 0 radical (unpaired) electrons. The van der Waals surface area contributed by atoms with E-state index in [0.29, 0.717) is 12.5 Å². The van der Waals surface area contributed by atoms with Crippen LogP contribution >= 0.6 is 0 Å². The number of amides is 1. The number of halogens is 1. The molecule has 1 aromatic heterocycles. The third kappa shape index (κ3) is 7.26. The molecular weight excluding hydrogens is 537 g/mol. The van der Waals surface area contributed by atoms with Crippen LogP contribution in [0.4, 0.5) is 10.1 Å². The number of carbonyl (C=O) groups excluding carboxylic acids is 1. The summed E-state index contributed by atoms with van der Waals surface area (Å²) in [5, 5.41) is 4.76. The van der Waals surface area contributed by atoms with Crippen LogP contribution in [0, 0.1) is 18.7 Å². The zero-order chi connectivity index (χ0) is 29.0. The fraction of sp³-hybridized carbons (Fsp3) is 0.273. The Bertz CT molecular complexity index is 1630. The van der Waals surface area contributed by atoms with E-state index in [1.54, 1.807) is 0 Å². The van der Waals surface area contributed by atoms with Crippen LogP contribution in [0.15, 0.2) is 95.9 Å². The van der Waals surface area contributed by atoms with Gasteiger partial charge in [-0.2, -0.15) is 0 Å². The molecule has 1 fully saturated rings. The molecule has 0 saturated heterocycles. The van der Waals surface area contributed by atoms with E-state index in [0.717, 1.165) is 60.6 Å². The number of pyridine rings is 1. The second-order valence-corrected chi connectivity index (χ2v) is 12.3. The molecule has 0 unspecified atom stereocenters. The molecule has 2 atom stereocenters. The first-order valence-electron chi connectivity index (χ1n) is 13.9. The molecule has 2 N–H and O–H groups in total. The molecule has 1 heterocycles. The molecule has 6 nitrogen and oxygen atoms in total. The summed E-state index contributed by atoms with van der Waals surface area (Å²) in [5.74, 6) is 0.137. The molecule has 2 aliphatic carbocycles. The maximum atomic E-state index is 13.6. The van der Waals surface area contributed by atoms with Gasteiger partial charge in [-0.1, -0.05) is 42.5 Å². The third-order valence-corrected chi connectivity index (χ3v) is 8.58. The predicted octanol–water partition coefficient (Wildman–Crippen LogP) is 6.08. The van der Waals surface area contributed by atoms with Crippen LogP contribution in [0.5, 0.6) is 0 Å². The van der Waals surface area contributed by atoms with Crippen LogP contribution in [0.1, 0.15) is 53.3 Å². The second kappa shape index (κ2) is 12.3. The van der Waals surface area contributed by atoms with Gasteiger partial charge in [0.1, 0.15) is 5.82 Å². The van der Waals surface area contributed by atoms with Gasteiger partial charge in [0.25, 0.3) is 0 Å². The standard InChI is InChI=1S/C27H28N2O.C6H6FNO2S/c1-19-8-7-13-23(28-19)18-29(24-15-14-20-9-5-6-12-22(20)16-24)27(30)26-17-25(26)21-10-3-2-4-11-21;7-5-1-3-6(4-2-5)11(8,9)10/h2-4,7-8,10-11,13-16,25-26H,5-6,9,12,17-18H2,1H3;1-4H,(H2,8,9,10)/t25-,26+;/m1./s1. The van der Waals surface area contributed by atoms with Crippen molar-refractivity contribution < 1.29 is 17.6 Å². The molecule has 0 spiro atoms. The lowest BCUT2D eigenvalue weighted by molar-refractivity contribution is -0.120. The molecule has 0 aliphatic heterocycles. The molecular formula is C33H34FN3O3S. The number of carbonyl (C=O) groups is 1. The predicted molar refractivity (Wildman–Crippen MR) is 158 cm³/mol. The Morgan fingerprint density at radius 2 is 1.63 bits per heavy atom. The molecule has 4 aromatic rings. The van der Waals surface area contributed by atoms with Crippen molar-refractivity contribution in [3.63, 3.8) is 0 Å². The summed E-state index contributed by atoms with van der Waals surface area (Å²) >= 11 is 0. The number of fused-ring (bicyclic) bond motifs is 1. The van der Waals surface area contributed by atoms with Gasteiger partial charge in [0.15, 0.2) is 0 Å². The number of anilines is 1. The van der Waals surface area contributed by atoms with Gasteiger partial charge >= 0.3 is 0 Å². The summed E-state index contributed by atoms with van der Waals surface area (Å²) < 4.78 is 33.4. The minimum absolute atomic E-state index is 0.0632. The van der Waals surface area contributed by atoms with Gasteiger partial charge in [0.05, 0.1) is 17.1 Å². The van der Waals surface area contributed by atoms with Gasteiger partial charge in [0.2, 0.25) is 15.9 Å². The summed E-state index contributed by atoms with van der Waals surface area (Å²) in [6, 6.07) is 27.4. The van der Waals surface area contributed by atoms with Gasteiger partial charge in [-0.25, -0.2) is 17.9 Å². The zero-order valence-electron chi connectivity index (χ0n) is 23.0. The number of hydrogen-bond acceptors (Lipinski definition) is 4. The normalized spacial score (nSPS) is 17.5. The SMILES string of the molecule is Cc1cccc(CN(C(=O)[C@H]2C[C@@H]2c2ccccc2)c2ccc3c(c2)CCCC3)n1.NS(=O)(=O)c1ccc(F)cc1. The van der Waals surface area contributed by atoms with Crippen molar-refractivity contribution in [3.05, 3.63) is 125 Å². The van der Waals surface area contributed by atoms with Crippen LogP contribution in [0.3, 0.4) is 0 Å².